The van der Waals surface area contributed by atoms with Gasteiger partial charge in [-0.15, -0.1) is 0 Å². The molecule has 0 saturated carbocycles. The summed E-state index contributed by atoms with van der Waals surface area (Å²) in [5.41, 5.74) is 2.07. The predicted molar refractivity (Wildman–Crippen MR) is 75.1 cm³/mol. The second-order valence-electron chi connectivity index (χ2n) is 4.31. The van der Waals surface area contributed by atoms with Crippen LogP contribution in [0.1, 0.15) is 22.9 Å². The molecule has 0 fully saturated rings. The zero-order chi connectivity index (χ0) is 14.5. The van der Waals surface area contributed by atoms with Gasteiger partial charge in [0.1, 0.15) is 6.67 Å². The minimum Gasteiger partial charge on any atom is -0.387 e. The molecule has 1 aromatic heterocycles. The quantitative estimate of drug-likeness (QED) is 0.617. The Bertz CT molecular complexity index is 589. The minimum atomic E-state index is -2.19. The summed E-state index contributed by atoms with van der Waals surface area (Å²) in [4.78, 5) is 2.89. The minimum absolute atomic E-state index is 0.216. The maximum Gasteiger partial charge on any atom is 0.259 e. The van der Waals surface area contributed by atoms with Gasteiger partial charge in [-0.2, -0.15) is 0 Å². The van der Waals surface area contributed by atoms with E-state index in [9.17, 15) is 13.7 Å². The van der Waals surface area contributed by atoms with Crippen LogP contribution < -0.4 is 4.72 Å². The topological polar surface area (TPSA) is 85.3 Å². The molecule has 2 aromatic rings. The van der Waals surface area contributed by atoms with Crippen molar-refractivity contribution in [3.8, 4) is 0 Å². The number of aliphatic hydroxyl groups is 1. The largest absolute Gasteiger partial charge is 0.387 e. The maximum atomic E-state index is 13.0. The van der Waals surface area contributed by atoms with Gasteiger partial charge in [0.15, 0.2) is 0 Å². The molecular weight excluding hydrogens is 283 g/mol. The summed E-state index contributed by atoms with van der Waals surface area (Å²) in [6, 6.07) is 8.13. The van der Waals surface area contributed by atoms with Gasteiger partial charge in [0.25, 0.3) is 11.3 Å². The number of aromatic amines is 1. The lowest BCUT2D eigenvalue weighted by atomic mass is 10.00. The summed E-state index contributed by atoms with van der Waals surface area (Å²) >= 11 is -2.19. The van der Waals surface area contributed by atoms with Crippen LogP contribution in [0.5, 0.6) is 0 Å². The molecule has 5 nitrogen and oxygen atoms in total. The fourth-order valence-corrected chi connectivity index (χ4v) is 2.31. The van der Waals surface area contributed by atoms with Crippen molar-refractivity contribution in [3.05, 3.63) is 53.3 Å². The molecule has 1 heterocycles. The molecular formula is C13H15FN2O3S. The first-order chi connectivity index (χ1) is 9.60. The Balaban J connectivity index is 2.21. The van der Waals surface area contributed by atoms with Gasteiger partial charge in [-0.1, -0.05) is 6.07 Å². The normalized spacial score (nSPS) is 13.9. The van der Waals surface area contributed by atoms with E-state index >= 15 is 0 Å². The second kappa shape index (κ2) is 6.65. The van der Waals surface area contributed by atoms with Crippen LogP contribution in [0.25, 0.3) is 0 Å². The summed E-state index contributed by atoms with van der Waals surface area (Å²) in [5.74, 6) is 0. The van der Waals surface area contributed by atoms with Crippen LogP contribution in [0, 0.1) is 0 Å². The van der Waals surface area contributed by atoms with Crippen LogP contribution in [-0.2, 0) is 24.4 Å². The number of alkyl halides is 1. The number of aromatic nitrogens is 1. The van der Waals surface area contributed by atoms with Crippen molar-refractivity contribution < 1.29 is 18.3 Å². The molecule has 0 spiro atoms. The van der Waals surface area contributed by atoms with Crippen LogP contribution in [0.3, 0.4) is 0 Å². The van der Waals surface area contributed by atoms with Crippen molar-refractivity contribution >= 4 is 17.0 Å². The van der Waals surface area contributed by atoms with Gasteiger partial charge >= 0.3 is 0 Å². The zero-order valence-electron chi connectivity index (χ0n) is 10.5. The van der Waals surface area contributed by atoms with Crippen LogP contribution in [-0.4, -0.2) is 18.9 Å². The van der Waals surface area contributed by atoms with Crippen LogP contribution in [0.4, 0.5) is 10.1 Å². The highest BCUT2D eigenvalue weighted by Gasteiger charge is 2.13. The van der Waals surface area contributed by atoms with E-state index in [2.05, 4.69) is 9.71 Å². The smallest absolute Gasteiger partial charge is 0.259 e. The molecule has 4 N–H and O–H groups in total. The molecule has 2 atom stereocenters. The summed E-state index contributed by atoms with van der Waals surface area (Å²) in [5, 5.41) is 10.1. The van der Waals surface area contributed by atoms with Crippen LogP contribution in [0.2, 0.25) is 0 Å². The Morgan fingerprint density at radius 2 is 2.15 bits per heavy atom. The molecule has 108 valence electrons. The lowest BCUT2D eigenvalue weighted by Crippen LogP contribution is -2.07. The first-order valence-electron chi connectivity index (χ1n) is 5.96. The highest BCUT2D eigenvalue weighted by molar-refractivity contribution is 7.80. The number of hydrogen-bond donors (Lipinski definition) is 4. The van der Waals surface area contributed by atoms with Gasteiger partial charge in [0, 0.05) is 24.0 Å². The molecule has 1 aromatic carbocycles. The van der Waals surface area contributed by atoms with Crippen LogP contribution >= 0.6 is 0 Å². The summed E-state index contributed by atoms with van der Waals surface area (Å²) in [6.07, 6.45) is 1.12. The van der Waals surface area contributed by atoms with Gasteiger partial charge in [-0.3, -0.25) is 9.27 Å². The summed E-state index contributed by atoms with van der Waals surface area (Å²) < 4.78 is 34.8. The molecule has 0 radical (unpaired) electrons. The second-order valence-corrected chi connectivity index (χ2v) is 5.02. The Kier molecular flexibility index (Phi) is 4.89. The van der Waals surface area contributed by atoms with Crippen molar-refractivity contribution in [2.75, 3.05) is 4.72 Å². The number of hydrogen-bond acceptors (Lipinski definition) is 2. The number of rotatable bonds is 6. The van der Waals surface area contributed by atoms with Crippen molar-refractivity contribution in [3.63, 3.8) is 0 Å². The first kappa shape index (κ1) is 14.7. The number of nitrogens with one attached hydrogen (secondary N) is 2. The van der Waals surface area contributed by atoms with E-state index < -0.39 is 24.0 Å². The average Bonchev–Trinajstić information content (AvgIpc) is 2.92. The third kappa shape index (κ3) is 3.66. The van der Waals surface area contributed by atoms with E-state index in [1.54, 1.807) is 24.4 Å². The van der Waals surface area contributed by atoms with Gasteiger partial charge < -0.3 is 10.1 Å². The lowest BCUT2D eigenvalue weighted by molar-refractivity contribution is 0.174. The Hall–Kier alpha value is -1.70. The van der Waals surface area contributed by atoms with E-state index in [0.29, 0.717) is 22.5 Å². The van der Waals surface area contributed by atoms with Crippen molar-refractivity contribution in [1.29, 1.82) is 0 Å². The number of benzene rings is 1. The van der Waals surface area contributed by atoms with E-state index in [1.807, 2.05) is 0 Å². The van der Waals surface area contributed by atoms with Gasteiger partial charge in [-0.05, 0) is 35.4 Å². The fraction of sp³-hybridized carbons (Fsp3) is 0.231. The predicted octanol–water partition coefficient (Wildman–Crippen LogP) is 2.31. The Labute approximate surface area is 118 Å². The van der Waals surface area contributed by atoms with E-state index in [0.717, 1.165) is 0 Å². The van der Waals surface area contributed by atoms with Gasteiger partial charge in [-0.25, -0.2) is 8.60 Å². The molecule has 0 aliphatic heterocycles. The summed E-state index contributed by atoms with van der Waals surface area (Å²) in [6.45, 7) is -0.657. The fourth-order valence-electron chi connectivity index (χ4n) is 1.98. The monoisotopic (exact) mass is 298 g/mol. The van der Waals surface area contributed by atoms with Crippen molar-refractivity contribution in [1.82, 2.24) is 4.98 Å². The number of halogens is 1. The van der Waals surface area contributed by atoms with Gasteiger partial charge in [0.2, 0.25) is 0 Å². The van der Waals surface area contributed by atoms with Crippen LogP contribution in [0.15, 0.2) is 36.5 Å². The molecule has 0 saturated heterocycles. The molecule has 0 aliphatic rings. The Morgan fingerprint density at radius 1 is 1.35 bits per heavy atom. The Morgan fingerprint density at radius 3 is 2.75 bits per heavy atom. The van der Waals surface area contributed by atoms with Gasteiger partial charge in [0.05, 0.1) is 6.10 Å². The highest BCUT2D eigenvalue weighted by atomic mass is 32.2. The lowest BCUT2D eigenvalue weighted by Gasteiger charge is -2.13. The van der Waals surface area contributed by atoms with E-state index in [1.165, 1.54) is 12.1 Å². The van der Waals surface area contributed by atoms with E-state index in [4.69, 9.17) is 4.55 Å². The maximum absolute atomic E-state index is 13.0. The molecule has 20 heavy (non-hydrogen) atoms. The number of H-pyrrole nitrogens is 1. The highest BCUT2D eigenvalue weighted by Crippen LogP contribution is 2.23. The molecule has 7 heteroatoms. The first-order valence-corrected chi connectivity index (χ1v) is 7.07. The summed E-state index contributed by atoms with van der Waals surface area (Å²) in [7, 11) is 0. The van der Waals surface area contributed by atoms with E-state index in [-0.39, 0.29) is 6.42 Å². The SMILES string of the molecule is O=S(O)Nc1ccc(CF)c(CC(O)c2ccc[nH]2)c1. The molecule has 2 unspecified atom stereocenters. The average molecular weight is 298 g/mol. The third-order valence-corrected chi connectivity index (χ3v) is 3.36. The molecule has 0 bridgehead atoms. The standard InChI is InChI=1S/C13H15FN2O3S/c14-8-9-3-4-11(16-20(18)19)6-10(9)7-13(17)12-2-1-5-15-12/h1-6,13,15-17H,7-8H2,(H,18,19). The number of aliphatic hydroxyl groups excluding tert-OH is 1. The molecule has 0 aliphatic carbocycles. The third-order valence-electron chi connectivity index (χ3n) is 2.95. The molecule has 2 rings (SSSR count). The van der Waals surface area contributed by atoms with Crippen molar-refractivity contribution in [2.24, 2.45) is 0 Å². The zero-order valence-corrected chi connectivity index (χ0v) is 11.4. The molecule has 0 amide bonds. The number of anilines is 1. The van der Waals surface area contributed by atoms with Crippen molar-refractivity contribution in [2.45, 2.75) is 19.2 Å².